The summed E-state index contributed by atoms with van der Waals surface area (Å²) in [5, 5.41) is 0. The highest BCUT2D eigenvalue weighted by atomic mass is 28.3. The summed E-state index contributed by atoms with van der Waals surface area (Å²) in [5.41, 5.74) is 5.11. The number of carbonyl (C=O) groups excluding carboxylic acids is 1. The van der Waals surface area contributed by atoms with E-state index in [0.717, 1.165) is 12.5 Å². The first-order valence-electron chi connectivity index (χ1n) is 6.26. The molecule has 2 N–H and O–H groups in total. The highest BCUT2D eigenvalue weighted by Gasteiger charge is 2.22. The second-order valence-electron chi connectivity index (χ2n) is 5.38. The van der Waals surface area contributed by atoms with Crippen LogP contribution in [0.15, 0.2) is 17.1 Å². The molecule has 0 radical (unpaired) electrons. The van der Waals surface area contributed by atoms with Crippen LogP contribution in [0.1, 0.15) is 13.3 Å². The highest BCUT2D eigenvalue weighted by molar-refractivity contribution is 6.77. The lowest BCUT2D eigenvalue weighted by Gasteiger charge is -2.21. The van der Waals surface area contributed by atoms with Gasteiger partial charge in [0.25, 0.3) is 0 Å². The number of aryl methyl sites for hydroxylation is 1. The van der Waals surface area contributed by atoms with Crippen molar-refractivity contribution in [2.45, 2.75) is 39.0 Å². The number of hydrogen-bond donors (Lipinski definition) is 1. The standard InChI is InChI=1S/C12H21N3O3Si/c1-10(16)18-9-19(2,3)8-4-6-15-7-5-11(13)14-12(15)17/h5,7H,4,6,8-9H2,1-3H3,(H2,13,14,17). The summed E-state index contributed by atoms with van der Waals surface area (Å²) in [7, 11) is -1.55. The van der Waals surface area contributed by atoms with Crippen LogP contribution in [0.4, 0.5) is 5.82 Å². The number of rotatable bonds is 6. The summed E-state index contributed by atoms with van der Waals surface area (Å²) in [6, 6.07) is 2.60. The van der Waals surface area contributed by atoms with E-state index in [2.05, 4.69) is 18.1 Å². The van der Waals surface area contributed by atoms with Crippen LogP contribution in [0, 0.1) is 0 Å². The van der Waals surface area contributed by atoms with Gasteiger partial charge in [-0.3, -0.25) is 9.36 Å². The normalized spacial score (nSPS) is 11.3. The van der Waals surface area contributed by atoms with Gasteiger partial charge in [-0.05, 0) is 12.5 Å². The van der Waals surface area contributed by atoms with E-state index in [4.69, 9.17) is 10.5 Å². The number of nitrogens with two attached hydrogens (primary N) is 1. The Hall–Kier alpha value is -1.63. The number of ether oxygens (including phenoxy) is 1. The molecule has 1 aromatic heterocycles. The van der Waals surface area contributed by atoms with Crippen molar-refractivity contribution < 1.29 is 9.53 Å². The van der Waals surface area contributed by atoms with Crippen LogP contribution in [-0.4, -0.2) is 29.8 Å². The van der Waals surface area contributed by atoms with Crippen molar-refractivity contribution >= 4 is 19.9 Å². The van der Waals surface area contributed by atoms with Crippen LogP contribution in [0.2, 0.25) is 19.1 Å². The Balaban J connectivity index is 2.45. The molecule has 7 heteroatoms. The molecule has 0 aliphatic heterocycles. The fourth-order valence-electron chi connectivity index (χ4n) is 1.71. The molecule has 1 aromatic rings. The molecule has 0 aliphatic carbocycles. The van der Waals surface area contributed by atoms with Crippen LogP contribution in [0.25, 0.3) is 0 Å². The Morgan fingerprint density at radius 1 is 1.53 bits per heavy atom. The summed E-state index contributed by atoms with van der Waals surface area (Å²) < 4.78 is 6.62. The molecule has 0 fully saturated rings. The van der Waals surface area contributed by atoms with E-state index < -0.39 is 8.07 Å². The predicted molar refractivity (Wildman–Crippen MR) is 76.4 cm³/mol. The third-order valence-electron chi connectivity index (χ3n) is 2.81. The van der Waals surface area contributed by atoms with E-state index in [1.165, 1.54) is 6.92 Å². The van der Waals surface area contributed by atoms with E-state index in [9.17, 15) is 9.59 Å². The Labute approximate surface area is 113 Å². The van der Waals surface area contributed by atoms with Crippen LogP contribution in [-0.2, 0) is 16.1 Å². The van der Waals surface area contributed by atoms with E-state index in [0.29, 0.717) is 12.8 Å². The smallest absolute Gasteiger partial charge is 0.349 e. The summed E-state index contributed by atoms with van der Waals surface area (Å²) in [5.74, 6) is 0.00495. The predicted octanol–water partition coefficient (Wildman–Crippen LogP) is 1.03. The van der Waals surface area contributed by atoms with Gasteiger partial charge in [0.15, 0.2) is 0 Å². The fraction of sp³-hybridized carbons (Fsp3) is 0.583. The Morgan fingerprint density at radius 3 is 2.79 bits per heavy atom. The van der Waals surface area contributed by atoms with Crippen molar-refractivity contribution in [3.63, 3.8) is 0 Å². The first-order chi connectivity index (χ1) is 8.80. The molecule has 0 saturated carbocycles. The SMILES string of the molecule is CC(=O)OC[Si](C)(C)CCCn1ccc(N)nc1=O. The van der Waals surface area contributed by atoms with Gasteiger partial charge in [0.1, 0.15) is 5.82 Å². The molecule has 1 rings (SSSR count). The van der Waals surface area contributed by atoms with Gasteiger partial charge in [0, 0.05) is 19.7 Å². The van der Waals surface area contributed by atoms with Crippen molar-refractivity contribution in [2.75, 3.05) is 12.0 Å². The third-order valence-corrected chi connectivity index (χ3v) is 5.45. The van der Waals surface area contributed by atoms with Gasteiger partial charge in [-0.1, -0.05) is 19.1 Å². The number of hydrogen-bond acceptors (Lipinski definition) is 5. The van der Waals surface area contributed by atoms with Crippen molar-refractivity contribution in [3.05, 3.63) is 22.7 Å². The average Bonchev–Trinajstić information content (AvgIpc) is 2.29. The summed E-state index contributed by atoms with van der Waals surface area (Å²) in [4.78, 5) is 26.0. The van der Waals surface area contributed by atoms with Crippen LogP contribution in [0.3, 0.4) is 0 Å². The topological polar surface area (TPSA) is 87.2 Å². The summed E-state index contributed by atoms with van der Waals surface area (Å²) in [6.45, 7) is 6.37. The number of aromatic nitrogens is 2. The number of anilines is 1. The van der Waals surface area contributed by atoms with E-state index in [1.807, 2.05) is 0 Å². The maximum absolute atomic E-state index is 11.5. The van der Waals surface area contributed by atoms with Crippen molar-refractivity contribution in [1.29, 1.82) is 0 Å². The number of esters is 1. The summed E-state index contributed by atoms with van der Waals surface area (Å²) >= 11 is 0. The quantitative estimate of drug-likeness (QED) is 0.622. The van der Waals surface area contributed by atoms with Gasteiger partial charge in [0.05, 0.1) is 14.3 Å². The maximum atomic E-state index is 11.5. The Kier molecular flexibility index (Phi) is 5.28. The molecule has 0 unspecified atom stereocenters. The molecule has 0 aromatic carbocycles. The lowest BCUT2D eigenvalue weighted by Crippen LogP contribution is -2.34. The Bertz CT molecular complexity index is 499. The second-order valence-corrected chi connectivity index (χ2v) is 10.5. The van der Waals surface area contributed by atoms with Crippen molar-refractivity contribution in [3.8, 4) is 0 Å². The zero-order chi connectivity index (χ0) is 14.5. The molecule has 0 saturated heterocycles. The van der Waals surface area contributed by atoms with E-state index in [-0.39, 0.29) is 17.5 Å². The molecule has 1 heterocycles. The monoisotopic (exact) mass is 283 g/mol. The van der Waals surface area contributed by atoms with Gasteiger partial charge < -0.3 is 10.5 Å². The molecule has 106 valence electrons. The van der Waals surface area contributed by atoms with Gasteiger partial charge in [-0.25, -0.2) is 4.79 Å². The molecular formula is C12H21N3O3Si. The van der Waals surface area contributed by atoms with Crippen molar-refractivity contribution in [1.82, 2.24) is 9.55 Å². The molecule has 6 nitrogen and oxygen atoms in total. The largest absolute Gasteiger partial charge is 0.470 e. The van der Waals surface area contributed by atoms with Gasteiger partial charge in [-0.15, -0.1) is 0 Å². The van der Waals surface area contributed by atoms with Crippen molar-refractivity contribution in [2.24, 2.45) is 0 Å². The van der Waals surface area contributed by atoms with Gasteiger partial charge in [-0.2, -0.15) is 4.98 Å². The lowest BCUT2D eigenvalue weighted by molar-refractivity contribution is -0.139. The van der Waals surface area contributed by atoms with E-state index >= 15 is 0 Å². The first-order valence-corrected chi connectivity index (χ1v) is 9.68. The first kappa shape index (κ1) is 15.4. The molecule has 0 aliphatic rings. The molecular weight excluding hydrogens is 262 g/mol. The molecule has 0 bridgehead atoms. The molecule has 19 heavy (non-hydrogen) atoms. The number of carbonyl (C=O) groups is 1. The second kappa shape index (κ2) is 6.51. The van der Waals surface area contributed by atoms with Gasteiger partial charge in [0.2, 0.25) is 0 Å². The molecule has 0 atom stereocenters. The van der Waals surface area contributed by atoms with Crippen LogP contribution < -0.4 is 11.4 Å². The average molecular weight is 283 g/mol. The van der Waals surface area contributed by atoms with Crippen LogP contribution >= 0.6 is 0 Å². The van der Waals surface area contributed by atoms with Crippen LogP contribution in [0.5, 0.6) is 0 Å². The third kappa shape index (κ3) is 5.69. The fourth-order valence-corrected chi connectivity index (χ4v) is 3.56. The van der Waals surface area contributed by atoms with E-state index in [1.54, 1.807) is 16.8 Å². The molecule has 0 amide bonds. The van der Waals surface area contributed by atoms with Gasteiger partial charge >= 0.3 is 11.7 Å². The molecule has 0 spiro atoms. The highest BCUT2D eigenvalue weighted by Crippen LogP contribution is 2.13. The Morgan fingerprint density at radius 2 is 2.21 bits per heavy atom. The number of nitrogen functional groups attached to an aromatic ring is 1. The minimum atomic E-state index is -1.55. The number of nitrogens with zero attached hydrogens (tertiary/aromatic N) is 2. The lowest BCUT2D eigenvalue weighted by atomic mass is 10.4. The zero-order valence-corrected chi connectivity index (χ0v) is 12.7. The zero-order valence-electron chi connectivity index (χ0n) is 11.7. The minimum Gasteiger partial charge on any atom is -0.470 e. The maximum Gasteiger partial charge on any atom is 0.349 e. The minimum absolute atomic E-state index is 0.237. The summed E-state index contributed by atoms with van der Waals surface area (Å²) in [6.07, 6.45) is 3.05.